The van der Waals surface area contributed by atoms with Crippen LogP contribution >= 0.6 is 11.3 Å². The van der Waals surface area contributed by atoms with Crippen LogP contribution in [0.5, 0.6) is 0 Å². The molecular weight excluding hydrogens is 937 g/mol. The zero-order valence-corrected chi connectivity index (χ0v) is 42.2. The van der Waals surface area contributed by atoms with Crippen LogP contribution in [-0.2, 0) is 5.41 Å². The van der Waals surface area contributed by atoms with E-state index in [0.29, 0.717) is 0 Å². The fraction of sp³-hybridized carbons (Fsp3) is 0.0137. The highest BCUT2D eigenvalue weighted by Gasteiger charge is 2.50. The number of hydrogen-bond acceptors (Lipinski definition) is 3. The Labute approximate surface area is 446 Å². The molecule has 0 N–H and O–H groups in total. The van der Waals surface area contributed by atoms with Crippen molar-refractivity contribution in [2.24, 2.45) is 0 Å². The maximum atomic E-state index is 2.52. The second-order valence-electron chi connectivity index (χ2n) is 20.2. The maximum absolute atomic E-state index is 2.52. The molecule has 2 heterocycles. The number of hydrogen-bond donors (Lipinski definition) is 0. The van der Waals surface area contributed by atoms with Gasteiger partial charge < -0.3 is 9.80 Å². The lowest BCUT2D eigenvalue weighted by atomic mass is 9.66. The molecule has 1 aliphatic heterocycles. The van der Waals surface area contributed by atoms with Crippen molar-refractivity contribution < 1.29 is 0 Å². The summed E-state index contributed by atoms with van der Waals surface area (Å²) in [6.45, 7) is 0. The van der Waals surface area contributed by atoms with Crippen LogP contribution in [0.1, 0.15) is 22.3 Å². The van der Waals surface area contributed by atoms with Crippen LogP contribution in [0.3, 0.4) is 0 Å². The molecule has 0 amide bonds. The van der Waals surface area contributed by atoms with Crippen molar-refractivity contribution in [1.29, 1.82) is 0 Å². The molecule has 1 atom stereocenters. The third kappa shape index (κ3) is 6.09. The van der Waals surface area contributed by atoms with Gasteiger partial charge in [-0.15, -0.1) is 11.3 Å². The van der Waals surface area contributed by atoms with Gasteiger partial charge in [0.1, 0.15) is 0 Å². The van der Waals surface area contributed by atoms with Crippen LogP contribution in [0.15, 0.2) is 279 Å². The number of nitrogens with zero attached hydrogens (tertiary/aromatic N) is 2. The number of thiophene rings is 1. The third-order valence-electron chi connectivity index (χ3n) is 16.4. The summed E-state index contributed by atoms with van der Waals surface area (Å²) in [7, 11) is 0. The summed E-state index contributed by atoms with van der Waals surface area (Å²) >= 11 is 1.90. The minimum Gasteiger partial charge on any atom is -0.308 e. The van der Waals surface area contributed by atoms with Crippen LogP contribution in [0, 0.1) is 0 Å². The van der Waals surface area contributed by atoms with E-state index in [1.54, 1.807) is 0 Å². The van der Waals surface area contributed by atoms with Gasteiger partial charge in [-0.1, -0.05) is 218 Å². The van der Waals surface area contributed by atoms with Gasteiger partial charge in [-0.3, -0.25) is 0 Å². The molecule has 3 aliphatic rings. The van der Waals surface area contributed by atoms with E-state index in [2.05, 4.69) is 289 Å². The van der Waals surface area contributed by atoms with Crippen molar-refractivity contribution in [2.45, 2.75) is 5.41 Å². The summed E-state index contributed by atoms with van der Waals surface area (Å²) in [6, 6.07) is 104. The Bertz CT molecular complexity index is 4480. The van der Waals surface area contributed by atoms with Gasteiger partial charge in [0.05, 0.1) is 22.5 Å². The summed E-state index contributed by atoms with van der Waals surface area (Å²) in [6.07, 6.45) is 0. The summed E-state index contributed by atoms with van der Waals surface area (Å²) < 4.78 is 2.63. The van der Waals surface area contributed by atoms with Crippen LogP contribution in [0.25, 0.3) is 86.9 Å². The topological polar surface area (TPSA) is 6.48 Å². The Hall–Kier alpha value is -9.54. The number of para-hydroxylation sites is 3. The molecule has 12 aromatic carbocycles. The van der Waals surface area contributed by atoms with Crippen molar-refractivity contribution in [3.63, 3.8) is 0 Å². The second-order valence-corrected chi connectivity index (χ2v) is 21.3. The van der Waals surface area contributed by atoms with Crippen LogP contribution < -0.4 is 9.80 Å². The van der Waals surface area contributed by atoms with E-state index in [1.165, 1.54) is 109 Å². The van der Waals surface area contributed by atoms with Gasteiger partial charge in [0.2, 0.25) is 0 Å². The summed E-state index contributed by atoms with van der Waals surface area (Å²) in [4.78, 5) is 5.02. The van der Waals surface area contributed by atoms with Crippen LogP contribution in [-0.4, -0.2) is 0 Å². The van der Waals surface area contributed by atoms with Gasteiger partial charge in [0.15, 0.2) is 0 Å². The molecule has 0 saturated carbocycles. The highest BCUT2D eigenvalue weighted by molar-refractivity contribution is 7.26. The Morgan fingerprint density at radius 3 is 1.62 bits per heavy atom. The minimum absolute atomic E-state index is 0.643. The molecule has 76 heavy (non-hydrogen) atoms. The fourth-order valence-electron chi connectivity index (χ4n) is 13.4. The van der Waals surface area contributed by atoms with Gasteiger partial charge >= 0.3 is 0 Å². The van der Waals surface area contributed by atoms with Crippen molar-refractivity contribution in [3.05, 3.63) is 301 Å². The number of anilines is 6. The average molecular weight is 983 g/mol. The van der Waals surface area contributed by atoms with E-state index in [4.69, 9.17) is 0 Å². The highest BCUT2D eigenvalue weighted by Crippen LogP contribution is 2.64. The van der Waals surface area contributed by atoms with Crippen molar-refractivity contribution in [2.75, 3.05) is 9.80 Å². The second kappa shape index (κ2) is 16.7. The van der Waals surface area contributed by atoms with Crippen molar-refractivity contribution in [3.8, 4) is 66.8 Å². The molecule has 1 spiro atoms. The zero-order valence-electron chi connectivity index (χ0n) is 41.4. The summed E-state index contributed by atoms with van der Waals surface area (Å²) in [5, 5.41) is 2.67. The largest absolute Gasteiger partial charge is 0.308 e. The van der Waals surface area contributed by atoms with E-state index < -0.39 is 5.41 Å². The lowest BCUT2D eigenvalue weighted by molar-refractivity contribution is 0.776. The molecule has 0 fully saturated rings. The SMILES string of the molecule is c1ccc(-c2ccc(N(c3ccc4c(c3)-c3ccccc3-c3ccccc3C43c4ccccc4-c4c3ccc3sc5ccccc5c43)c3cccc4c3N(c3ccccc3)c3ccccc3-c3ccccc3-4)cc2)cc1. The van der Waals surface area contributed by atoms with Gasteiger partial charge in [-0.25, -0.2) is 0 Å². The molecule has 3 heteroatoms. The number of rotatable bonds is 5. The molecule has 2 aliphatic carbocycles. The standard InChI is InChI=1S/C73H46N2S/c1-3-20-47(21-4-1)48-38-40-50(41-39-48)74(67-36-19-32-58-54-26-9-8-25-53(54)57-29-13-17-35-66(57)75(72(58)67)49-22-5-2-6-23-49)51-42-43-64-61(46-51)55-27-10-7-24-52(55)56-28-11-15-33-62(56)73(64)63-34-16-12-30-59(63)70-65(73)44-45-69-71(70)60-31-14-18-37-68(60)76-69/h1-46H. The average Bonchev–Trinajstić information content (AvgIpc) is 4.13. The molecule has 0 saturated heterocycles. The normalized spacial score (nSPS) is 14.3. The summed E-state index contributed by atoms with van der Waals surface area (Å²) in [5.74, 6) is 0. The lowest BCUT2D eigenvalue weighted by Gasteiger charge is -2.37. The Balaban J connectivity index is 1.01. The Morgan fingerprint density at radius 1 is 0.329 bits per heavy atom. The Morgan fingerprint density at radius 2 is 0.855 bits per heavy atom. The monoisotopic (exact) mass is 982 g/mol. The zero-order chi connectivity index (χ0) is 49.9. The third-order valence-corrected chi connectivity index (χ3v) is 17.6. The quantitative estimate of drug-likeness (QED) is 0.170. The predicted molar refractivity (Wildman–Crippen MR) is 320 cm³/mol. The van der Waals surface area contributed by atoms with E-state index in [-0.39, 0.29) is 0 Å². The molecular formula is C73H46N2S. The molecule has 13 aromatic rings. The molecule has 2 nitrogen and oxygen atoms in total. The maximum Gasteiger partial charge on any atom is 0.0781 e. The first kappa shape index (κ1) is 42.9. The van der Waals surface area contributed by atoms with E-state index in [9.17, 15) is 0 Å². The van der Waals surface area contributed by atoms with Crippen LogP contribution in [0.4, 0.5) is 34.1 Å². The Kier molecular flexibility index (Phi) is 9.45. The first-order chi connectivity index (χ1) is 37.7. The molecule has 1 aromatic heterocycles. The smallest absolute Gasteiger partial charge is 0.0781 e. The molecule has 354 valence electrons. The molecule has 0 radical (unpaired) electrons. The van der Waals surface area contributed by atoms with E-state index >= 15 is 0 Å². The van der Waals surface area contributed by atoms with Crippen molar-refractivity contribution in [1.82, 2.24) is 0 Å². The molecule has 16 rings (SSSR count). The van der Waals surface area contributed by atoms with Crippen LogP contribution in [0.2, 0.25) is 0 Å². The summed E-state index contributed by atoms with van der Waals surface area (Å²) in [5.41, 5.74) is 25.8. The van der Waals surface area contributed by atoms with Gasteiger partial charge in [0, 0.05) is 48.4 Å². The van der Waals surface area contributed by atoms with Gasteiger partial charge in [-0.05, 0) is 139 Å². The lowest BCUT2D eigenvalue weighted by Crippen LogP contribution is -2.29. The molecule has 1 unspecified atom stereocenters. The van der Waals surface area contributed by atoms with E-state index in [1.807, 2.05) is 11.3 Å². The molecule has 0 bridgehead atoms. The first-order valence-corrected chi connectivity index (χ1v) is 27.1. The van der Waals surface area contributed by atoms with E-state index in [0.717, 1.165) is 34.1 Å². The number of benzene rings is 12. The van der Waals surface area contributed by atoms with Crippen molar-refractivity contribution >= 4 is 65.6 Å². The fourth-order valence-corrected chi connectivity index (χ4v) is 14.5. The van der Waals surface area contributed by atoms with Gasteiger partial charge in [0.25, 0.3) is 0 Å². The minimum atomic E-state index is -0.643. The van der Waals surface area contributed by atoms with Gasteiger partial charge in [-0.2, -0.15) is 0 Å². The first-order valence-electron chi connectivity index (χ1n) is 26.2. The number of fused-ring (bicyclic) bond motifs is 21. The highest BCUT2D eigenvalue weighted by atomic mass is 32.1. The predicted octanol–water partition coefficient (Wildman–Crippen LogP) is 20.3.